The number of thiophene rings is 1. The van der Waals surface area contributed by atoms with Crippen molar-refractivity contribution >= 4 is 33.0 Å². The van der Waals surface area contributed by atoms with Gasteiger partial charge in [0.25, 0.3) is 0 Å². The lowest BCUT2D eigenvalue weighted by atomic mass is 9.89. The molecule has 0 amide bonds. The zero-order valence-electron chi connectivity index (χ0n) is 9.56. The van der Waals surface area contributed by atoms with Gasteiger partial charge in [0.05, 0.1) is 17.4 Å². The Morgan fingerprint density at radius 2 is 2.17 bits per heavy atom. The van der Waals surface area contributed by atoms with Crippen molar-refractivity contribution in [2.75, 3.05) is 6.61 Å². The third-order valence-corrected chi connectivity index (χ3v) is 4.97. The SMILES string of the molecule is O=C(c1sccc1Br)C1CCOc2ccccc21. The van der Waals surface area contributed by atoms with Crippen LogP contribution in [0, 0.1) is 0 Å². The number of benzene rings is 1. The Bertz CT molecular complexity index is 591. The molecule has 92 valence electrons. The number of carbonyl (C=O) groups excluding carboxylic acids is 1. The number of halogens is 1. The number of rotatable bonds is 2. The summed E-state index contributed by atoms with van der Waals surface area (Å²) in [4.78, 5) is 13.4. The molecule has 0 saturated carbocycles. The molecule has 0 aliphatic carbocycles. The zero-order valence-corrected chi connectivity index (χ0v) is 12.0. The van der Waals surface area contributed by atoms with Crippen LogP contribution in [0.4, 0.5) is 0 Å². The van der Waals surface area contributed by atoms with Gasteiger partial charge in [-0.1, -0.05) is 18.2 Å². The van der Waals surface area contributed by atoms with Crippen LogP contribution in [0.5, 0.6) is 5.75 Å². The maximum absolute atomic E-state index is 12.6. The molecule has 0 spiro atoms. The lowest BCUT2D eigenvalue weighted by Crippen LogP contribution is -2.21. The highest BCUT2D eigenvalue weighted by molar-refractivity contribution is 9.10. The molecule has 1 atom stereocenters. The third-order valence-electron chi connectivity index (χ3n) is 3.12. The Hall–Kier alpha value is -1.13. The molecule has 0 fully saturated rings. The lowest BCUT2D eigenvalue weighted by molar-refractivity contribution is 0.0936. The normalized spacial score (nSPS) is 17.9. The van der Waals surface area contributed by atoms with E-state index >= 15 is 0 Å². The summed E-state index contributed by atoms with van der Waals surface area (Å²) in [5, 5.41) is 1.93. The molecule has 3 rings (SSSR count). The Balaban J connectivity index is 2.00. The maximum Gasteiger partial charge on any atom is 0.181 e. The highest BCUT2D eigenvalue weighted by atomic mass is 79.9. The molecule has 0 N–H and O–H groups in total. The number of hydrogen-bond acceptors (Lipinski definition) is 3. The number of Topliss-reactive ketones (excluding diaryl/α,β-unsaturated/α-hetero) is 1. The van der Waals surface area contributed by atoms with Crippen LogP contribution in [-0.2, 0) is 0 Å². The van der Waals surface area contributed by atoms with Crippen LogP contribution in [-0.4, -0.2) is 12.4 Å². The van der Waals surface area contributed by atoms with Gasteiger partial charge in [-0.05, 0) is 39.9 Å². The smallest absolute Gasteiger partial charge is 0.181 e. The van der Waals surface area contributed by atoms with Gasteiger partial charge in [0, 0.05) is 10.0 Å². The average Bonchev–Trinajstić information content (AvgIpc) is 2.83. The molecule has 0 radical (unpaired) electrons. The van der Waals surface area contributed by atoms with E-state index in [-0.39, 0.29) is 11.7 Å². The molecule has 2 nitrogen and oxygen atoms in total. The topological polar surface area (TPSA) is 26.3 Å². The molecule has 1 aliphatic heterocycles. The summed E-state index contributed by atoms with van der Waals surface area (Å²) in [6, 6.07) is 9.73. The van der Waals surface area contributed by atoms with Crippen LogP contribution in [0.3, 0.4) is 0 Å². The van der Waals surface area contributed by atoms with Gasteiger partial charge in [0.15, 0.2) is 5.78 Å². The highest BCUT2D eigenvalue weighted by Crippen LogP contribution is 2.37. The molecule has 1 aromatic carbocycles. The fourth-order valence-electron chi connectivity index (χ4n) is 2.24. The van der Waals surface area contributed by atoms with E-state index in [9.17, 15) is 4.79 Å². The van der Waals surface area contributed by atoms with E-state index < -0.39 is 0 Å². The molecule has 4 heteroatoms. The summed E-state index contributed by atoms with van der Waals surface area (Å²) in [6.07, 6.45) is 0.750. The van der Waals surface area contributed by atoms with Crippen LogP contribution in [0.15, 0.2) is 40.2 Å². The summed E-state index contributed by atoms with van der Waals surface area (Å²) in [5.74, 6) is 0.951. The van der Waals surface area contributed by atoms with Crippen LogP contribution in [0.25, 0.3) is 0 Å². The van der Waals surface area contributed by atoms with Crippen molar-refractivity contribution in [2.24, 2.45) is 0 Å². The van der Waals surface area contributed by atoms with E-state index in [1.165, 1.54) is 11.3 Å². The minimum atomic E-state index is -0.0788. The van der Waals surface area contributed by atoms with Gasteiger partial charge in [0.2, 0.25) is 0 Å². The third kappa shape index (κ3) is 1.99. The molecule has 18 heavy (non-hydrogen) atoms. The molecular formula is C14H11BrO2S. The first-order valence-corrected chi connectivity index (χ1v) is 7.43. The first-order valence-electron chi connectivity index (χ1n) is 5.76. The maximum atomic E-state index is 12.6. The second-order valence-corrected chi connectivity index (χ2v) is 5.96. The van der Waals surface area contributed by atoms with E-state index in [1.807, 2.05) is 35.7 Å². The zero-order chi connectivity index (χ0) is 12.5. The summed E-state index contributed by atoms with van der Waals surface area (Å²) < 4.78 is 6.48. The summed E-state index contributed by atoms with van der Waals surface area (Å²) in [5.41, 5.74) is 1.01. The van der Waals surface area contributed by atoms with E-state index in [2.05, 4.69) is 15.9 Å². The second-order valence-electron chi connectivity index (χ2n) is 4.19. The molecular weight excluding hydrogens is 312 g/mol. The Morgan fingerprint density at radius 1 is 1.33 bits per heavy atom. The summed E-state index contributed by atoms with van der Waals surface area (Å²) in [6.45, 7) is 0.608. The molecule has 2 heterocycles. The largest absolute Gasteiger partial charge is 0.493 e. The van der Waals surface area contributed by atoms with Crippen LogP contribution < -0.4 is 4.74 Å². The summed E-state index contributed by atoms with van der Waals surface area (Å²) >= 11 is 4.92. The van der Waals surface area contributed by atoms with E-state index in [0.29, 0.717) is 6.61 Å². The highest BCUT2D eigenvalue weighted by Gasteiger charge is 2.29. The fourth-order valence-corrected chi connectivity index (χ4v) is 3.80. The minimum absolute atomic E-state index is 0.0788. The fraction of sp³-hybridized carbons (Fsp3) is 0.214. The number of fused-ring (bicyclic) bond motifs is 1. The van der Waals surface area contributed by atoms with Crippen LogP contribution >= 0.6 is 27.3 Å². The Labute approximate surface area is 118 Å². The van der Waals surface area contributed by atoms with E-state index in [4.69, 9.17) is 4.74 Å². The van der Waals surface area contributed by atoms with E-state index in [0.717, 1.165) is 27.1 Å². The minimum Gasteiger partial charge on any atom is -0.493 e. The standard InChI is InChI=1S/C14H11BrO2S/c15-11-6-8-18-14(11)13(16)10-5-7-17-12-4-2-1-3-9(10)12/h1-4,6,8,10H,5,7H2. The lowest BCUT2D eigenvalue weighted by Gasteiger charge is -2.24. The quantitative estimate of drug-likeness (QED) is 0.772. The van der Waals surface area contributed by atoms with Gasteiger partial charge < -0.3 is 4.74 Å². The van der Waals surface area contributed by atoms with Crippen molar-refractivity contribution in [3.8, 4) is 5.75 Å². The Kier molecular flexibility index (Phi) is 3.22. The van der Waals surface area contributed by atoms with Crippen LogP contribution in [0.2, 0.25) is 0 Å². The molecule has 1 aromatic heterocycles. The monoisotopic (exact) mass is 322 g/mol. The predicted molar refractivity (Wildman–Crippen MR) is 75.6 cm³/mol. The van der Waals surface area contributed by atoms with Crippen LogP contribution in [0.1, 0.15) is 27.6 Å². The average molecular weight is 323 g/mol. The van der Waals surface area contributed by atoms with Gasteiger partial charge >= 0.3 is 0 Å². The molecule has 1 unspecified atom stereocenters. The number of hydrogen-bond donors (Lipinski definition) is 0. The Morgan fingerprint density at radius 3 is 2.94 bits per heavy atom. The number of para-hydroxylation sites is 1. The molecule has 2 aromatic rings. The van der Waals surface area contributed by atoms with Gasteiger partial charge in [-0.15, -0.1) is 11.3 Å². The second kappa shape index (κ2) is 4.86. The van der Waals surface area contributed by atoms with Gasteiger partial charge in [0.1, 0.15) is 5.75 Å². The first kappa shape index (κ1) is 11.9. The van der Waals surface area contributed by atoms with Gasteiger partial charge in [-0.25, -0.2) is 0 Å². The van der Waals surface area contributed by atoms with Gasteiger partial charge in [-0.2, -0.15) is 0 Å². The van der Waals surface area contributed by atoms with E-state index in [1.54, 1.807) is 0 Å². The number of ketones is 1. The van der Waals surface area contributed by atoms with Crippen molar-refractivity contribution in [1.29, 1.82) is 0 Å². The van der Waals surface area contributed by atoms with Crippen molar-refractivity contribution < 1.29 is 9.53 Å². The molecule has 0 saturated heterocycles. The van der Waals surface area contributed by atoms with Crippen molar-refractivity contribution in [1.82, 2.24) is 0 Å². The van der Waals surface area contributed by atoms with Crippen molar-refractivity contribution in [3.63, 3.8) is 0 Å². The first-order chi connectivity index (χ1) is 8.77. The van der Waals surface area contributed by atoms with Crippen molar-refractivity contribution in [3.05, 3.63) is 50.6 Å². The predicted octanol–water partition coefficient (Wildman–Crippen LogP) is 4.26. The molecule has 1 aliphatic rings. The molecule has 0 bridgehead atoms. The summed E-state index contributed by atoms with van der Waals surface area (Å²) in [7, 11) is 0. The van der Waals surface area contributed by atoms with Crippen molar-refractivity contribution in [2.45, 2.75) is 12.3 Å². The van der Waals surface area contributed by atoms with Gasteiger partial charge in [-0.3, -0.25) is 4.79 Å². The number of carbonyl (C=O) groups is 1. The number of ether oxygens (including phenoxy) is 1.